The van der Waals surface area contributed by atoms with Crippen LogP contribution in [0.2, 0.25) is 0 Å². The summed E-state index contributed by atoms with van der Waals surface area (Å²) < 4.78 is 28.9. The number of hydrogen-bond donors (Lipinski definition) is 1. The molecular weight excluding hydrogens is 404 g/mol. The molecule has 31 heavy (non-hydrogen) atoms. The van der Waals surface area contributed by atoms with E-state index in [-0.39, 0.29) is 48.1 Å². The molecule has 172 valence electrons. The van der Waals surface area contributed by atoms with Crippen LogP contribution in [0.4, 0.5) is 14.6 Å². The summed E-state index contributed by atoms with van der Waals surface area (Å²) in [6, 6.07) is 0.724. The van der Waals surface area contributed by atoms with Gasteiger partial charge in [0.15, 0.2) is 0 Å². The van der Waals surface area contributed by atoms with E-state index in [0.29, 0.717) is 31.1 Å². The number of aromatic nitrogens is 2. The lowest BCUT2D eigenvalue weighted by molar-refractivity contribution is -0.137. The van der Waals surface area contributed by atoms with Crippen LogP contribution >= 0.6 is 0 Å². The molecule has 0 spiro atoms. The van der Waals surface area contributed by atoms with Crippen molar-refractivity contribution in [1.29, 1.82) is 0 Å². The van der Waals surface area contributed by atoms with Crippen LogP contribution in [0.25, 0.3) is 0 Å². The Morgan fingerprint density at radius 3 is 2.68 bits per heavy atom. The predicted octanol–water partition coefficient (Wildman–Crippen LogP) is 3.07. The SMILES string of the molecule is Cc1cc2n(n1)[C@@H](C(F)F)C[C@@H](C1CCCN(C(=O)C3CC(=O)N(C(C)(C)C)C3)C1)N2. The number of carbonyl (C=O) groups excluding carboxylic acids is 2. The van der Waals surface area contributed by atoms with Gasteiger partial charge in [-0.25, -0.2) is 13.5 Å². The number of anilines is 1. The quantitative estimate of drug-likeness (QED) is 0.789. The molecule has 1 aromatic heterocycles. The highest BCUT2D eigenvalue weighted by atomic mass is 19.3. The number of nitrogens with one attached hydrogen (secondary N) is 1. The number of likely N-dealkylation sites (tertiary alicyclic amines) is 2. The van der Waals surface area contributed by atoms with Gasteiger partial charge in [-0.1, -0.05) is 0 Å². The molecule has 0 saturated carbocycles. The molecule has 1 aromatic rings. The minimum absolute atomic E-state index is 0.0203. The predicted molar refractivity (Wildman–Crippen MR) is 113 cm³/mol. The van der Waals surface area contributed by atoms with Gasteiger partial charge in [0.25, 0.3) is 6.43 Å². The first-order valence-electron chi connectivity index (χ1n) is 11.2. The van der Waals surface area contributed by atoms with E-state index in [9.17, 15) is 18.4 Å². The molecule has 2 fully saturated rings. The van der Waals surface area contributed by atoms with Gasteiger partial charge in [-0.3, -0.25) is 9.59 Å². The van der Waals surface area contributed by atoms with Gasteiger partial charge < -0.3 is 15.1 Å². The zero-order valence-corrected chi connectivity index (χ0v) is 18.8. The van der Waals surface area contributed by atoms with Gasteiger partial charge in [-0.15, -0.1) is 0 Å². The van der Waals surface area contributed by atoms with Crippen LogP contribution in [-0.2, 0) is 9.59 Å². The monoisotopic (exact) mass is 437 g/mol. The smallest absolute Gasteiger partial charge is 0.260 e. The molecule has 4 atom stereocenters. The summed E-state index contributed by atoms with van der Waals surface area (Å²) in [4.78, 5) is 29.3. The number of carbonyl (C=O) groups is 2. The summed E-state index contributed by atoms with van der Waals surface area (Å²) in [6.45, 7) is 9.41. The van der Waals surface area contributed by atoms with Crippen LogP contribution in [0, 0.1) is 18.8 Å². The summed E-state index contributed by atoms with van der Waals surface area (Å²) in [5, 5.41) is 7.64. The number of aryl methyl sites for hydroxylation is 1. The van der Waals surface area contributed by atoms with Crippen molar-refractivity contribution < 1.29 is 18.4 Å². The van der Waals surface area contributed by atoms with Crippen molar-refractivity contribution in [3.05, 3.63) is 11.8 Å². The summed E-state index contributed by atoms with van der Waals surface area (Å²) in [5.74, 6) is 0.454. The molecule has 0 bridgehead atoms. The molecule has 3 aliphatic heterocycles. The van der Waals surface area contributed by atoms with Crippen molar-refractivity contribution in [3.63, 3.8) is 0 Å². The molecule has 0 aromatic carbocycles. The fraction of sp³-hybridized carbons (Fsp3) is 0.773. The molecule has 4 heterocycles. The maximum Gasteiger partial charge on any atom is 0.260 e. The van der Waals surface area contributed by atoms with Crippen molar-refractivity contribution in [3.8, 4) is 0 Å². The van der Waals surface area contributed by atoms with E-state index in [4.69, 9.17) is 0 Å². The zero-order chi connectivity index (χ0) is 22.5. The summed E-state index contributed by atoms with van der Waals surface area (Å²) in [7, 11) is 0. The molecule has 2 saturated heterocycles. The van der Waals surface area contributed by atoms with E-state index < -0.39 is 12.5 Å². The summed E-state index contributed by atoms with van der Waals surface area (Å²) in [5.41, 5.74) is 0.414. The van der Waals surface area contributed by atoms with Gasteiger partial charge in [-0.2, -0.15) is 5.10 Å². The Morgan fingerprint density at radius 1 is 1.29 bits per heavy atom. The standard InChI is InChI=1S/C22H33F2N5O2/c1-13-8-18-25-16(10-17(20(23)24)29(18)26-13)14-6-5-7-27(11-14)21(31)15-9-19(30)28(12-15)22(2,3)4/h8,14-17,20,25H,5-7,9-12H2,1-4H3/t14?,15?,16-,17+/m0/s1. The Balaban J connectivity index is 1.44. The number of halogens is 2. The Kier molecular flexibility index (Phi) is 5.72. The third kappa shape index (κ3) is 4.28. The zero-order valence-electron chi connectivity index (χ0n) is 18.8. The van der Waals surface area contributed by atoms with Gasteiger partial charge in [0.1, 0.15) is 11.9 Å². The minimum Gasteiger partial charge on any atom is -0.367 e. The molecule has 9 heteroatoms. The van der Waals surface area contributed by atoms with E-state index in [1.807, 2.05) is 25.7 Å². The van der Waals surface area contributed by atoms with Gasteiger partial charge in [0, 0.05) is 43.7 Å². The van der Waals surface area contributed by atoms with Crippen LogP contribution in [0.3, 0.4) is 0 Å². The van der Waals surface area contributed by atoms with Crippen molar-refractivity contribution >= 4 is 17.6 Å². The van der Waals surface area contributed by atoms with Gasteiger partial charge >= 0.3 is 0 Å². The Bertz CT molecular complexity index is 849. The number of fused-ring (bicyclic) bond motifs is 1. The van der Waals surface area contributed by atoms with Crippen LogP contribution in [0.1, 0.15) is 58.2 Å². The first kappa shape index (κ1) is 22.0. The second-order valence-electron chi connectivity index (χ2n) is 10.3. The third-order valence-electron chi connectivity index (χ3n) is 6.91. The maximum absolute atomic E-state index is 13.7. The first-order chi connectivity index (χ1) is 14.5. The topological polar surface area (TPSA) is 70.5 Å². The molecule has 2 unspecified atom stereocenters. The van der Waals surface area contributed by atoms with Crippen molar-refractivity contribution in [2.75, 3.05) is 25.0 Å². The fourth-order valence-electron chi connectivity index (χ4n) is 5.32. The number of nitrogens with zero attached hydrogens (tertiary/aromatic N) is 4. The molecule has 3 aliphatic rings. The molecular formula is C22H33F2N5O2. The van der Waals surface area contributed by atoms with E-state index >= 15 is 0 Å². The van der Waals surface area contributed by atoms with E-state index in [1.54, 1.807) is 17.9 Å². The van der Waals surface area contributed by atoms with Crippen LogP contribution in [-0.4, -0.2) is 69.0 Å². The molecule has 0 aliphatic carbocycles. The fourth-order valence-corrected chi connectivity index (χ4v) is 5.32. The normalized spacial score (nSPS) is 29.3. The van der Waals surface area contributed by atoms with Gasteiger partial charge in [-0.05, 0) is 52.9 Å². The average molecular weight is 438 g/mol. The van der Waals surface area contributed by atoms with E-state index in [2.05, 4.69) is 10.4 Å². The van der Waals surface area contributed by atoms with Crippen molar-refractivity contribution in [1.82, 2.24) is 19.6 Å². The molecule has 2 amide bonds. The maximum atomic E-state index is 13.7. The molecule has 0 radical (unpaired) electrons. The Hall–Kier alpha value is -2.19. The second-order valence-corrected chi connectivity index (χ2v) is 10.3. The Labute approximate surface area is 182 Å². The lowest BCUT2D eigenvalue weighted by atomic mass is 9.85. The lowest BCUT2D eigenvalue weighted by Gasteiger charge is -2.41. The van der Waals surface area contributed by atoms with Crippen molar-refractivity contribution in [2.24, 2.45) is 11.8 Å². The lowest BCUT2D eigenvalue weighted by Crippen LogP contribution is -2.50. The van der Waals surface area contributed by atoms with Gasteiger partial charge in [0.2, 0.25) is 11.8 Å². The highest BCUT2D eigenvalue weighted by Gasteiger charge is 2.43. The van der Waals surface area contributed by atoms with Crippen LogP contribution in [0.5, 0.6) is 0 Å². The average Bonchev–Trinajstić information content (AvgIpc) is 3.28. The van der Waals surface area contributed by atoms with E-state index in [1.165, 1.54) is 4.68 Å². The number of alkyl halides is 2. The molecule has 4 rings (SSSR count). The summed E-state index contributed by atoms with van der Waals surface area (Å²) >= 11 is 0. The Morgan fingerprint density at radius 2 is 2.03 bits per heavy atom. The van der Waals surface area contributed by atoms with Crippen LogP contribution in [0.15, 0.2) is 6.07 Å². The molecule has 7 nitrogen and oxygen atoms in total. The first-order valence-corrected chi connectivity index (χ1v) is 11.2. The second kappa shape index (κ2) is 8.06. The van der Waals surface area contributed by atoms with E-state index in [0.717, 1.165) is 12.8 Å². The van der Waals surface area contributed by atoms with Crippen molar-refractivity contribution in [2.45, 2.75) is 77.4 Å². The number of amides is 2. The highest BCUT2D eigenvalue weighted by Crippen LogP contribution is 2.37. The van der Waals surface area contributed by atoms with Gasteiger partial charge in [0.05, 0.1) is 11.6 Å². The largest absolute Gasteiger partial charge is 0.367 e. The third-order valence-corrected chi connectivity index (χ3v) is 6.91. The minimum atomic E-state index is -2.49. The molecule has 1 N–H and O–H groups in total. The van der Waals surface area contributed by atoms with Crippen LogP contribution < -0.4 is 5.32 Å². The number of piperidine rings is 1. The number of hydrogen-bond acceptors (Lipinski definition) is 4. The number of rotatable bonds is 3. The highest BCUT2D eigenvalue weighted by molar-refractivity contribution is 5.89. The summed E-state index contributed by atoms with van der Waals surface area (Å²) in [6.07, 6.45) is -0.210.